The molecule has 1 unspecified atom stereocenters. The Labute approximate surface area is 164 Å². The van der Waals surface area contributed by atoms with Crippen LogP contribution in [0.25, 0.3) is 4.96 Å². The molecule has 1 aliphatic heterocycles. The van der Waals surface area contributed by atoms with Crippen molar-refractivity contribution in [3.8, 4) is 0 Å². The number of benzene rings is 1. The number of aromatic nitrogens is 2. The van der Waals surface area contributed by atoms with Gasteiger partial charge in [-0.05, 0) is 24.6 Å². The number of rotatable bonds is 4. The lowest BCUT2D eigenvalue weighted by molar-refractivity contribution is -0.128. The average molecular weight is 399 g/mol. The van der Waals surface area contributed by atoms with Gasteiger partial charge in [-0.2, -0.15) is 0 Å². The largest absolute Gasteiger partial charge is 0.369 e. The van der Waals surface area contributed by atoms with Gasteiger partial charge in [0.1, 0.15) is 11.5 Å². The van der Waals surface area contributed by atoms with Crippen molar-refractivity contribution in [2.75, 3.05) is 7.05 Å². The molecule has 0 radical (unpaired) electrons. The van der Waals surface area contributed by atoms with Gasteiger partial charge < -0.3 is 5.73 Å². The van der Waals surface area contributed by atoms with Gasteiger partial charge in [-0.3, -0.25) is 18.9 Å². The van der Waals surface area contributed by atoms with Crippen molar-refractivity contribution in [3.63, 3.8) is 0 Å². The number of carbonyl (C=O) groups is 2. The average Bonchev–Trinajstić information content (AvgIpc) is 3.23. The molecule has 2 N–H and O–H groups in total. The molecule has 0 aliphatic carbocycles. The third kappa shape index (κ3) is 3.07. The van der Waals surface area contributed by atoms with Gasteiger partial charge in [0, 0.05) is 36.8 Å². The van der Waals surface area contributed by atoms with Crippen molar-refractivity contribution in [3.05, 3.63) is 58.6 Å². The number of imidazole rings is 1. The van der Waals surface area contributed by atoms with E-state index in [-0.39, 0.29) is 36.1 Å². The summed E-state index contributed by atoms with van der Waals surface area (Å²) in [6.07, 6.45) is 3.58. The number of aliphatic imine (C=N–C) groups is 1. The minimum atomic E-state index is -1.12. The molecule has 0 bridgehead atoms. The molecule has 0 saturated heterocycles. The van der Waals surface area contributed by atoms with Gasteiger partial charge in [0.2, 0.25) is 5.91 Å². The van der Waals surface area contributed by atoms with E-state index < -0.39 is 11.4 Å². The fourth-order valence-corrected chi connectivity index (χ4v) is 4.00. The number of thiazole rings is 1. The van der Waals surface area contributed by atoms with Crippen LogP contribution in [-0.2, 0) is 16.8 Å². The number of fused-ring (bicyclic) bond motifs is 1. The Kier molecular flexibility index (Phi) is 4.26. The molecule has 9 heteroatoms. The highest BCUT2D eigenvalue weighted by molar-refractivity contribution is 7.15. The van der Waals surface area contributed by atoms with Gasteiger partial charge in [-0.15, -0.1) is 11.3 Å². The van der Waals surface area contributed by atoms with Crippen molar-refractivity contribution in [1.82, 2.24) is 14.3 Å². The van der Waals surface area contributed by atoms with Crippen LogP contribution in [0.2, 0.25) is 0 Å². The second-order valence-electron chi connectivity index (χ2n) is 7.01. The minimum Gasteiger partial charge on any atom is -0.369 e. The van der Waals surface area contributed by atoms with Crippen LogP contribution in [0.5, 0.6) is 0 Å². The van der Waals surface area contributed by atoms with Crippen molar-refractivity contribution < 1.29 is 14.0 Å². The first-order chi connectivity index (χ1) is 13.3. The fourth-order valence-electron chi connectivity index (χ4n) is 3.30. The molecule has 1 aromatic carbocycles. The molecular weight excluding hydrogens is 381 g/mol. The number of guanidine groups is 1. The van der Waals surface area contributed by atoms with Crippen molar-refractivity contribution in [2.24, 2.45) is 10.7 Å². The molecule has 1 amide bonds. The molecule has 1 atom stereocenters. The topological polar surface area (TPSA) is 93.1 Å². The van der Waals surface area contributed by atoms with E-state index in [0.29, 0.717) is 11.3 Å². The van der Waals surface area contributed by atoms with Gasteiger partial charge in [0.15, 0.2) is 16.7 Å². The molecule has 2 aromatic heterocycles. The van der Waals surface area contributed by atoms with Crippen LogP contribution < -0.4 is 5.73 Å². The number of carbonyl (C=O) groups excluding carboxylic acids is 2. The zero-order valence-electron chi connectivity index (χ0n) is 15.3. The van der Waals surface area contributed by atoms with Crippen LogP contribution in [0.4, 0.5) is 4.39 Å². The molecular formula is C19H18FN5O2S. The van der Waals surface area contributed by atoms with Gasteiger partial charge in [0.25, 0.3) is 0 Å². The maximum absolute atomic E-state index is 14.6. The number of hydrogen-bond donors (Lipinski definition) is 1. The standard InChI is InChI=1S/C19H18FN5O2S/c1-19(9-16(27)24(2)17(21)23-19)12-7-11(3-4-13(12)20)8-15(26)14-10-25-5-6-28-18(25)22-14/h3-7,10H,8-9H2,1-2H3,(H2,21,23). The van der Waals surface area contributed by atoms with Crippen LogP contribution in [0, 0.1) is 5.82 Å². The highest BCUT2D eigenvalue weighted by Gasteiger charge is 2.38. The van der Waals surface area contributed by atoms with Crippen molar-refractivity contribution >= 4 is 33.9 Å². The summed E-state index contributed by atoms with van der Waals surface area (Å²) in [6.45, 7) is 1.66. The third-order valence-electron chi connectivity index (χ3n) is 4.93. The summed E-state index contributed by atoms with van der Waals surface area (Å²) in [5, 5.41) is 1.89. The van der Waals surface area contributed by atoms with Gasteiger partial charge in [0.05, 0.1) is 12.0 Å². The monoisotopic (exact) mass is 399 g/mol. The zero-order chi connectivity index (χ0) is 20.1. The van der Waals surface area contributed by atoms with Gasteiger partial charge in [-0.25, -0.2) is 14.4 Å². The predicted molar refractivity (Wildman–Crippen MR) is 104 cm³/mol. The number of ketones is 1. The summed E-state index contributed by atoms with van der Waals surface area (Å²) in [5.41, 5.74) is 5.93. The second kappa shape index (κ2) is 6.52. The number of amides is 1. The van der Waals surface area contributed by atoms with Gasteiger partial charge in [-0.1, -0.05) is 6.07 Å². The van der Waals surface area contributed by atoms with Crippen molar-refractivity contribution in [2.45, 2.75) is 25.3 Å². The highest BCUT2D eigenvalue weighted by Crippen LogP contribution is 2.35. The number of halogens is 1. The minimum absolute atomic E-state index is 0.00412. The molecule has 28 heavy (non-hydrogen) atoms. The van der Waals surface area contributed by atoms with E-state index in [0.717, 1.165) is 4.96 Å². The van der Waals surface area contributed by atoms with Gasteiger partial charge >= 0.3 is 0 Å². The first kappa shape index (κ1) is 18.3. The zero-order valence-corrected chi connectivity index (χ0v) is 16.2. The molecule has 4 rings (SSSR count). The maximum atomic E-state index is 14.6. The first-order valence-corrected chi connectivity index (χ1v) is 9.51. The molecule has 3 heterocycles. The summed E-state index contributed by atoms with van der Waals surface area (Å²) in [4.78, 5) is 35.4. The molecule has 0 spiro atoms. The summed E-state index contributed by atoms with van der Waals surface area (Å²) >= 11 is 1.44. The van der Waals surface area contributed by atoms with E-state index in [9.17, 15) is 14.0 Å². The fraction of sp³-hybridized carbons (Fsp3) is 0.263. The Bertz CT molecular complexity index is 1110. The Balaban J connectivity index is 1.64. The van der Waals surface area contributed by atoms with E-state index in [1.165, 1.54) is 29.4 Å². The molecule has 144 valence electrons. The Morgan fingerprint density at radius 1 is 1.43 bits per heavy atom. The lowest BCUT2D eigenvalue weighted by Gasteiger charge is -2.34. The first-order valence-electron chi connectivity index (χ1n) is 8.63. The van der Waals surface area contributed by atoms with Crippen LogP contribution >= 0.6 is 11.3 Å². The number of nitrogens with two attached hydrogens (primary N) is 1. The van der Waals surface area contributed by atoms with Crippen molar-refractivity contribution in [1.29, 1.82) is 0 Å². The van der Waals surface area contributed by atoms with E-state index in [1.54, 1.807) is 29.7 Å². The second-order valence-corrected chi connectivity index (χ2v) is 7.88. The molecule has 7 nitrogen and oxygen atoms in total. The van der Waals surface area contributed by atoms with E-state index >= 15 is 0 Å². The molecule has 1 aliphatic rings. The summed E-state index contributed by atoms with van der Waals surface area (Å²) in [7, 11) is 1.53. The quantitative estimate of drug-likeness (QED) is 0.682. The lowest BCUT2D eigenvalue weighted by Crippen LogP contribution is -2.47. The smallest absolute Gasteiger partial charge is 0.231 e. The Morgan fingerprint density at radius 2 is 2.21 bits per heavy atom. The SMILES string of the molecule is CN1C(=O)CC(C)(c2cc(CC(=O)c3cn4ccsc4n3)ccc2F)N=C1N. The number of hydrogen-bond acceptors (Lipinski definition) is 6. The Hall–Kier alpha value is -3.07. The summed E-state index contributed by atoms with van der Waals surface area (Å²) < 4.78 is 16.4. The highest BCUT2D eigenvalue weighted by atomic mass is 32.1. The van der Waals surface area contributed by atoms with E-state index in [2.05, 4.69) is 9.98 Å². The van der Waals surface area contributed by atoms with Crippen LogP contribution in [0.1, 0.15) is 35.0 Å². The normalized spacial score (nSPS) is 19.9. The Morgan fingerprint density at radius 3 is 2.93 bits per heavy atom. The lowest BCUT2D eigenvalue weighted by atomic mass is 9.85. The van der Waals surface area contributed by atoms with Crippen LogP contribution in [-0.4, -0.2) is 39.0 Å². The molecule has 0 fully saturated rings. The number of Topliss-reactive ketones (excluding diaryl/α,β-unsaturated/α-hetero) is 1. The molecule has 0 saturated carbocycles. The number of nitrogens with zero attached hydrogens (tertiary/aromatic N) is 4. The summed E-state index contributed by atoms with van der Waals surface area (Å²) in [5.74, 6) is -0.858. The predicted octanol–water partition coefficient (Wildman–Crippen LogP) is 2.35. The molecule has 3 aromatic rings. The van der Waals surface area contributed by atoms with E-state index in [1.807, 2.05) is 11.6 Å². The maximum Gasteiger partial charge on any atom is 0.231 e. The summed E-state index contributed by atoms with van der Waals surface area (Å²) in [6, 6.07) is 4.44. The van der Waals surface area contributed by atoms with E-state index in [4.69, 9.17) is 5.73 Å². The van der Waals surface area contributed by atoms with Crippen LogP contribution in [0.15, 0.2) is 41.0 Å². The van der Waals surface area contributed by atoms with Crippen LogP contribution in [0.3, 0.4) is 0 Å². The third-order valence-corrected chi connectivity index (χ3v) is 5.70.